The van der Waals surface area contributed by atoms with Gasteiger partial charge in [-0.25, -0.2) is 0 Å². The smallest absolute Gasteiger partial charge is 0.309 e. The van der Waals surface area contributed by atoms with Crippen molar-refractivity contribution in [2.24, 2.45) is 0 Å². The van der Waals surface area contributed by atoms with Crippen LogP contribution < -0.4 is 0 Å². The largest absolute Gasteiger partial charge is 0.469 e. The Morgan fingerprint density at radius 1 is 1.13 bits per heavy atom. The van der Waals surface area contributed by atoms with Gasteiger partial charge in [-0.2, -0.15) is 0 Å². The zero-order valence-corrected chi connectivity index (χ0v) is 14.1. The molecule has 1 heterocycles. The molecule has 0 spiro atoms. The first kappa shape index (κ1) is 14.5. The zero-order chi connectivity index (χ0) is 16.0. The van der Waals surface area contributed by atoms with Gasteiger partial charge in [-0.15, -0.1) is 11.3 Å². The van der Waals surface area contributed by atoms with Crippen LogP contribution in [0.4, 0.5) is 0 Å². The molecule has 116 valence electrons. The number of esters is 1. The summed E-state index contributed by atoms with van der Waals surface area (Å²) in [4.78, 5) is 11.8. The van der Waals surface area contributed by atoms with Crippen molar-refractivity contribution in [1.29, 1.82) is 0 Å². The lowest BCUT2D eigenvalue weighted by Crippen LogP contribution is -2.09. The molecule has 0 atom stereocenters. The maximum Gasteiger partial charge on any atom is 0.309 e. The fourth-order valence-corrected chi connectivity index (χ4v) is 4.60. The third-order valence-electron chi connectivity index (χ3n) is 4.76. The summed E-state index contributed by atoms with van der Waals surface area (Å²) >= 11 is 1.82. The summed E-state index contributed by atoms with van der Waals surface area (Å²) in [6.07, 6.45) is 2.44. The lowest BCUT2D eigenvalue weighted by molar-refractivity contribution is -0.139. The molecule has 0 radical (unpaired) electrons. The highest BCUT2D eigenvalue weighted by Crippen LogP contribution is 2.41. The summed E-state index contributed by atoms with van der Waals surface area (Å²) in [5.74, 6) is -0.163. The molecule has 23 heavy (non-hydrogen) atoms. The number of carbonyl (C=O) groups is 1. The van der Waals surface area contributed by atoms with Crippen LogP contribution in [0.1, 0.15) is 30.9 Å². The van der Waals surface area contributed by atoms with E-state index in [0.717, 1.165) is 18.4 Å². The maximum absolute atomic E-state index is 11.8. The van der Waals surface area contributed by atoms with Crippen LogP contribution in [0.3, 0.4) is 0 Å². The number of fused-ring (bicyclic) bond motifs is 4. The summed E-state index contributed by atoms with van der Waals surface area (Å²) in [6.45, 7) is 2.14. The number of carbonyl (C=O) groups excluding carboxylic acids is 1. The molecule has 0 bridgehead atoms. The molecule has 0 unspecified atom stereocenters. The van der Waals surface area contributed by atoms with Crippen LogP contribution in [0.5, 0.6) is 0 Å². The third kappa shape index (κ3) is 2.36. The van der Waals surface area contributed by atoms with Gasteiger partial charge < -0.3 is 4.74 Å². The Hall–Kier alpha value is -2.13. The number of hydrogen-bond donors (Lipinski definition) is 0. The van der Waals surface area contributed by atoms with Crippen LogP contribution in [0.15, 0.2) is 42.0 Å². The number of hydrogen-bond acceptors (Lipinski definition) is 3. The van der Waals surface area contributed by atoms with Crippen LogP contribution >= 0.6 is 11.3 Å². The van der Waals surface area contributed by atoms with Crippen molar-refractivity contribution in [2.45, 2.75) is 26.2 Å². The van der Waals surface area contributed by atoms with Gasteiger partial charge in [0.2, 0.25) is 0 Å². The molecule has 3 aromatic rings. The quantitative estimate of drug-likeness (QED) is 0.595. The number of ether oxygens (including phenoxy) is 1. The Kier molecular flexibility index (Phi) is 3.46. The van der Waals surface area contributed by atoms with Gasteiger partial charge in [0.25, 0.3) is 0 Å². The predicted molar refractivity (Wildman–Crippen MR) is 96.9 cm³/mol. The molecule has 1 aromatic heterocycles. The average Bonchev–Trinajstić information content (AvgIpc) is 2.93. The fraction of sp³-hybridized carbons (Fsp3) is 0.250. The van der Waals surface area contributed by atoms with Crippen molar-refractivity contribution in [3.8, 4) is 0 Å². The van der Waals surface area contributed by atoms with Crippen LogP contribution in [0.2, 0.25) is 0 Å². The van der Waals surface area contributed by atoms with Crippen molar-refractivity contribution in [3.63, 3.8) is 0 Å². The van der Waals surface area contributed by atoms with E-state index in [1.165, 1.54) is 44.0 Å². The maximum atomic E-state index is 11.8. The van der Waals surface area contributed by atoms with Crippen molar-refractivity contribution < 1.29 is 9.53 Å². The third-order valence-corrected chi connectivity index (χ3v) is 5.89. The summed E-state index contributed by atoms with van der Waals surface area (Å²) in [6, 6.07) is 13.2. The molecule has 0 fully saturated rings. The monoisotopic (exact) mass is 322 g/mol. The number of aryl methyl sites for hydroxylation is 1. The van der Waals surface area contributed by atoms with Gasteiger partial charge in [0, 0.05) is 20.2 Å². The van der Waals surface area contributed by atoms with Crippen molar-refractivity contribution >= 4 is 43.1 Å². The molecule has 2 aromatic carbocycles. The molecule has 2 nitrogen and oxygen atoms in total. The molecule has 3 heteroatoms. The summed E-state index contributed by atoms with van der Waals surface area (Å²) in [7, 11) is 1.46. The van der Waals surface area contributed by atoms with Gasteiger partial charge in [0.05, 0.1) is 13.5 Å². The molecule has 0 saturated carbocycles. The molecule has 0 aliphatic heterocycles. The first-order valence-electron chi connectivity index (χ1n) is 7.87. The molecule has 0 saturated heterocycles. The summed E-state index contributed by atoms with van der Waals surface area (Å²) in [5.41, 5.74) is 5.05. The Bertz CT molecular complexity index is 962. The number of thiophene rings is 1. The average molecular weight is 322 g/mol. The highest BCUT2D eigenvalue weighted by Gasteiger charge is 2.21. The predicted octanol–water partition coefficient (Wildman–Crippen LogP) is 5.34. The van der Waals surface area contributed by atoms with E-state index in [1.807, 2.05) is 11.3 Å². The van der Waals surface area contributed by atoms with Gasteiger partial charge >= 0.3 is 5.97 Å². The standard InChI is InChI=1S/C20H18O2S/c1-12-7-8-13-9-17-14-5-3-4-6-18(14)23-19(17)10-16(13)15(12)11-20(21)22-2/h3-6,9-10H,7-8,11H2,1-2H3. The van der Waals surface area contributed by atoms with Crippen LogP contribution in [-0.4, -0.2) is 13.1 Å². The van der Waals surface area contributed by atoms with Gasteiger partial charge in [0.15, 0.2) is 0 Å². The van der Waals surface area contributed by atoms with Gasteiger partial charge in [0.1, 0.15) is 0 Å². The highest BCUT2D eigenvalue weighted by molar-refractivity contribution is 7.25. The number of methoxy groups -OCH3 is 1. The first-order chi connectivity index (χ1) is 11.2. The van der Waals surface area contributed by atoms with Crippen molar-refractivity contribution in [1.82, 2.24) is 0 Å². The molecule has 0 N–H and O–H groups in total. The lowest BCUT2D eigenvalue weighted by atomic mass is 9.84. The Morgan fingerprint density at radius 3 is 2.78 bits per heavy atom. The van der Waals surface area contributed by atoms with Crippen molar-refractivity contribution in [2.75, 3.05) is 7.11 Å². The SMILES string of the molecule is COC(=O)CC1=C(C)CCc2cc3c(cc21)sc1ccccc13. The highest BCUT2D eigenvalue weighted by atomic mass is 32.1. The minimum absolute atomic E-state index is 0.163. The van der Waals surface area contributed by atoms with E-state index in [1.54, 1.807) is 0 Å². The van der Waals surface area contributed by atoms with E-state index in [4.69, 9.17) is 4.74 Å². The van der Waals surface area contributed by atoms with E-state index in [2.05, 4.69) is 43.3 Å². The van der Waals surface area contributed by atoms with E-state index >= 15 is 0 Å². The minimum atomic E-state index is -0.163. The van der Waals surface area contributed by atoms with E-state index < -0.39 is 0 Å². The zero-order valence-electron chi connectivity index (χ0n) is 13.3. The van der Waals surface area contributed by atoms with Gasteiger partial charge in [-0.3, -0.25) is 4.79 Å². The molecule has 1 aliphatic rings. The lowest BCUT2D eigenvalue weighted by Gasteiger charge is -2.21. The number of benzene rings is 2. The van der Waals surface area contributed by atoms with E-state index in [9.17, 15) is 4.79 Å². The topological polar surface area (TPSA) is 26.3 Å². The van der Waals surface area contributed by atoms with E-state index in [0.29, 0.717) is 6.42 Å². The minimum Gasteiger partial charge on any atom is -0.469 e. The molecular formula is C20H18O2S. The van der Waals surface area contributed by atoms with Gasteiger partial charge in [-0.05, 0) is 54.7 Å². The molecule has 0 amide bonds. The van der Waals surface area contributed by atoms with Gasteiger partial charge in [-0.1, -0.05) is 23.8 Å². The Labute approximate surface area is 139 Å². The summed E-state index contributed by atoms with van der Waals surface area (Å²) in [5, 5.41) is 2.66. The second-order valence-electron chi connectivity index (χ2n) is 6.12. The first-order valence-corrected chi connectivity index (χ1v) is 8.69. The Balaban J connectivity index is 1.93. The number of rotatable bonds is 2. The second kappa shape index (κ2) is 5.50. The van der Waals surface area contributed by atoms with Crippen LogP contribution in [0.25, 0.3) is 25.7 Å². The second-order valence-corrected chi connectivity index (χ2v) is 7.20. The fourth-order valence-electron chi connectivity index (χ4n) is 3.47. The molecule has 4 rings (SSSR count). The molecular weight excluding hydrogens is 304 g/mol. The number of allylic oxidation sites excluding steroid dienone is 1. The van der Waals surface area contributed by atoms with E-state index in [-0.39, 0.29) is 5.97 Å². The van der Waals surface area contributed by atoms with Crippen molar-refractivity contribution in [3.05, 3.63) is 53.1 Å². The summed E-state index contributed by atoms with van der Waals surface area (Å²) < 4.78 is 7.49. The normalized spacial score (nSPS) is 14.3. The molecule has 1 aliphatic carbocycles. The Morgan fingerprint density at radius 2 is 1.96 bits per heavy atom. The van der Waals surface area contributed by atoms with Crippen LogP contribution in [0, 0.1) is 0 Å². The van der Waals surface area contributed by atoms with Crippen LogP contribution in [-0.2, 0) is 16.0 Å².